The summed E-state index contributed by atoms with van der Waals surface area (Å²) in [4.78, 5) is 28.0. The third-order valence-corrected chi connectivity index (χ3v) is 7.12. The van der Waals surface area contributed by atoms with Gasteiger partial charge in [-0.3, -0.25) is 10.2 Å². The molecule has 0 bridgehead atoms. The van der Waals surface area contributed by atoms with Crippen molar-refractivity contribution in [1.29, 1.82) is 5.41 Å². The number of nitrogens with one attached hydrogen (secondary N) is 1. The number of aliphatic hydroxyl groups excluding tert-OH is 2. The summed E-state index contributed by atoms with van der Waals surface area (Å²) in [6, 6.07) is -0.453. The number of thioether (sulfide) groups is 1. The van der Waals surface area contributed by atoms with Crippen LogP contribution in [0.15, 0.2) is 10.6 Å². The Morgan fingerprint density at radius 1 is 1.46 bits per heavy atom. The van der Waals surface area contributed by atoms with Gasteiger partial charge >= 0.3 is 5.97 Å². The molecule has 6 atom stereocenters. The smallest absolute Gasteiger partial charge is 0.353 e. The van der Waals surface area contributed by atoms with Gasteiger partial charge in [0.15, 0.2) is 0 Å². The number of hydrogen-bond donors (Lipinski definition) is 4. The Bertz CT molecular complexity index is 679. The molecule has 3 rings (SSSR count). The van der Waals surface area contributed by atoms with Crippen molar-refractivity contribution < 1.29 is 24.9 Å². The Morgan fingerprint density at radius 2 is 2.12 bits per heavy atom. The molecule has 0 aliphatic carbocycles. The summed E-state index contributed by atoms with van der Waals surface area (Å²) in [5.74, 6) is -1.80. The molecular formula is C17H25N3O5S. The molecule has 5 unspecified atom stereocenters. The number of carbonyl (C=O) groups excluding carboxylic acids is 1. The number of carboxylic acids is 1. The zero-order valence-electron chi connectivity index (χ0n) is 15.0. The Morgan fingerprint density at radius 3 is 2.58 bits per heavy atom. The van der Waals surface area contributed by atoms with Crippen molar-refractivity contribution in [3.8, 4) is 0 Å². The first-order chi connectivity index (χ1) is 12.2. The fourth-order valence-corrected chi connectivity index (χ4v) is 5.97. The van der Waals surface area contributed by atoms with Gasteiger partial charge in [-0.25, -0.2) is 4.79 Å². The maximum absolute atomic E-state index is 12.4. The second-order valence-electron chi connectivity index (χ2n) is 7.32. The van der Waals surface area contributed by atoms with Crippen molar-refractivity contribution in [2.45, 2.75) is 50.6 Å². The van der Waals surface area contributed by atoms with Crippen LogP contribution in [0.25, 0.3) is 0 Å². The van der Waals surface area contributed by atoms with E-state index in [1.807, 2.05) is 11.8 Å². The Labute approximate surface area is 156 Å². The predicted octanol–water partition coefficient (Wildman–Crippen LogP) is 0.306. The van der Waals surface area contributed by atoms with Gasteiger partial charge in [-0.15, -0.1) is 11.8 Å². The first-order valence-corrected chi connectivity index (χ1v) is 9.64. The molecule has 3 aliphatic rings. The minimum Gasteiger partial charge on any atom is -0.477 e. The van der Waals surface area contributed by atoms with E-state index in [0.717, 1.165) is 0 Å². The lowest BCUT2D eigenvalue weighted by molar-refractivity contribution is -0.163. The van der Waals surface area contributed by atoms with E-state index in [9.17, 15) is 24.9 Å². The third-order valence-electron chi connectivity index (χ3n) is 5.62. The minimum absolute atomic E-state index is 0.0278. The molecule has 0 aromatic rings. The molecule has 2 saturated heterocycles. The lowest BCUT2D eigenvalue weighted by Gasteiger charge is -2.46. The molecule has 4 N–H and O–H groups in total. The van der Waals surface area contributed by atoms with Gasteiger partial charge in [0.2, 0.25) is 5.91 Å². The van der Waals surface area contributed by atoms with Crippen LogP contribution in [0.5, 0.6) is 0 Å². The first-order valence-electron chi connectivity index (χ1n) is 8.76. The number of carbonyl (C=O) groups is 2. The van der Waals surface area contributed by atoms with Gasteiger partial charge in [0.25, 0.3) is 0 Å². The van der Waals surface area contributed by atoms with Crippen LogP contribution in [0.3, 0.4) is 0 Å². The van der Waals surface area contributed by atoms with Crippen molar-refractivity contribution >= 4 is 29.5 Å². The van der Waals surface area contributed by atoms with Crippen LogP contribution in [0.4, 0.5) is 0 Å². The maximum atomic E-state index is 12.4. The molecule has 0 saturated carbocycles. The molecule has 26 heavy (non-hydrogen) atoms. The normalized spacial score (nSPS) is 34.8. The summed E-state index contributed by atoms with van der Waals surface area (Å²) in [6.07, 6.45) is -0.161. The molecule has 1 amide bonds. The molecule has 8 nitrogen and oxygen atoms in total. The maximum Gasteiger partial charge on any atom is 0.353 e. The number of fused-ring (bicyclic) bond motifs is 1. The second-order valence-corrected chi connectivity index (χ2v) is 8.66. The van der Waals surface area contributed by atoms with Crippen LogP contribution < -0.4 is 0 Å². The van der Waals surface area contributed by atoms with E-state index in [2.05, 4.69) is 0 Å². The summed E-state index contributed by atoms with van der Waals surface area (Å²) in [7, 11) is 0. The number of amidine groups is 1. The van der Waals surface area contributed by atoms with Gasteiger partial charge in [-0.1, -0.05) is 6.92 Å². The van der Waals surface area contributed by atoms with Crippen LogP contribution in [0, 0.1) is 17.2 Å². The number of aliphatic carboxylic acids is 1. The fourth-order valence-electron chi connectivity index (χ4n) is 4.40. The Hall–Kier alpha value is -1.58. The van der Waals surface area contributed by atoms with E-state index in [1.165, 1.54) is 16.7 Å². The van der Waals surface area contributed by atoms with Crippen LogP contribution in [-0.2, 0) is 9.59 Å². The number of rotatable bonds is 5. The largest absolute Gasteiger partial charge is 0.477 e. The van der Waals surface area contributed by atoms with Gasteiger partial charge in [0.1, 0.15) is 5.70 Å². The molecular weight excluding hydrogens is 358 g/mol. The Balaban J connectivity index is 1.84. The number of likely N-dealkylation sites (tertiary alicyclic amines) is 1. The first kappa shape index (κ1) is 19.2. The van der Waals surface area contributed by atoms with Gasteiger partial charge in [-0.2, -0.15) is 0 Å². The van der Waals surface area contributed by atoms with Gasteiger partial charge in [0.05, 0.1) is 36.5 Å². The highest BCUT2D eigenvalue weighted by atomic mass is 32.2. The quantitative estimate of drug-likeness (QED) is 0.306. The second kappa shape index (κ2) is 6.86. The molecule has 2 fully saturated rings. The average molecular weight is 383 g/mol. The minimum atomic E-state index is -1.13. The number of β-lactam (4-membered cyclic amide) rings is 1. The number of amides is 1. The van der Waals surface area contributed by atoms with Gasteiger partial charge < -0.3 is 25.1 Å². The number of aliphatic hydroxyl groups is 2. The van der Waals surface area contributed by atoms with E-state index in [1.54, 1.807) is 13.8 Å². The van der Waals surface area contributed by atoms with Crippen LogP contribution >= 0.6 is 11.8 Å². The van der Waals surface area contributed by atoms with Crippen molar-refractivity contribution in [3.63, 3.8) is 0 Å². The molecule has 9 heteroatoms. The summed E-state index contributed by atoms with van der Waals surface area (Å²) >= 11 is 1.44. The molecule has 3 aliphatic heterocycles. The third kappa shape index (κ3) is 2.82. The summed E-state index contributed by atoms with van der Waals surface area (Å²) < 4.78 is 0. The number of nitrogens with zero attached hydrogens (tertiary/aromatic N) is 2. The van der Waals surface area contributed by atoms with Gasteiger partial charge in [-0.05, 0) is 20.3 Å². The van der Waals surface area contributed by atoms with Crippen LogP contribution in [-0.4, -0.2) is 79.4 Å². The SMILES string of the molecule is CC(=N)N1CC(SC2=C(C(=O)O)N3C(=O)C(C(C)O)[C@H]3C2C)CC1CO. The number of hydrogen-bond acceptors (Lipinski definition) is 6. The van der Waals surface area contributed by atoms with Crippen LogP contribution in [0.1, 0.15) is 27.2 Å². The summed E-state index contributed by atoms with van der Waals surface area (Å²) in [5, 5.41) is 37.0. The monoisotopic (exact) mass is 383 g/mol. The fraction of sp³-hybridized carbons (Fsp3) is 0.706. The summed E-state index contributed by atoms with van der Waals surface area (Å²) in [5.41, 5.74) is 0.0278. The average Bonchev–Trinajstić information content (AvgIpc) is 3.06. The van der Waals surface area contributed by atoms with Crippen molar-refractivity contribution in [3.05, 3.63) is 10.6 Å². The van der Waals surface area contributed by atoms with Crippen molar-refractivity contribution in [2.24, 2.45) is 11.8 Å². The lowest BCUT2D eigenvalue weighted by Crippen LogP contribution is -2.63. The van der Waals surface area contributed by atoms with Crippen molar-refractivity contribution in [2.75, 3.05) is 13.2 Å². The van der Waals surface area contributed by atoms with E-state index in [4.69, 9.17) is 5.41 Å². The zero-order valence-corrected chi connectivity index (χ0v) is 15.9. The lowest BCUT2D eigenvalue weighted by atomic mass is 9.79. The molecule has 0 radical (unpaired) electrons. The zero-order chi connectivity index (χ0) is 19.3. The van der Waals surface area contributed by atoms with E-state index >= 15 is 0 Å². The highest BCUT2D eigenvalue weighted by Crippen LogP contribution is 2.52. The van der Waals surface area contributed by atoms with E-state index in [0.29, 0.717) is 23.7 Å². The standard InChI is InChI=1S/C17H25N3O5S/c1-7-13-12(8(2)22)16(23)20(13)14(17(24)25)15(7)26-11-4-10(6-21)19(5-11)9(3)18/h7-8,10-13,18,21-22H,4-6H2,1-3H3,(H,24,25)/t7?,8?,10?,11?,12?,13-/m1/s1. The molecule has 0 spiro atoms. The van der Waals surface area contributed by atoms with E-state index in [-0.39, 0.29) is 41.5 Å². The molecule has 144 valence electrons. The van der Waals surface area contributed by atoms with Gasteiger partial charge in [0, 0.05) is 22.6 Å². The highest BCUT2D eigenvalue weighted by molar-refractivity contribution is 8.03. The van der Waals surface area contributed by atoms with E-state index < -0.39 is 18.0 Å². The van der Waals surface area contributed by atoms with Crippen LogP contribution in [0.2, 0.25) is 0 Å². The topological polar surface area (TPSA) is 125 Å². The highest BCUT2D eigenvalue weighted by Gasteiger charge is 2.60. The number of carboxylic acid groups (broad SMARTS) is 1. The molecule has 3 heterocycles. The molecule has 0 aromatic carbocycles. The molecule has 0 aromatic heterocycles. The summed E-state index contributed by atoms with van der Waals surface area (Å²) in [6.45, 7) is 5.65. The Kier molecular flexibility index (Phi) is 5.06. The van der Waals surface area contributed by atoms with Crippen molar-refractivity contribution in [1.82, 2.24) is 9.80 Å². The predicted molar refractivity (Wildman–Crippen MR) is 96.6 cm³/mol.